The minimum Gasteiger partial charge on any atom is -0.411 e. The van der Waals surface area contributed by atoms with Gasteiger partial charge in [0.15, 0.2) is 0 Å². The van der Waals surface area contributed by atoms with E-state index in [0.29, 0.717) is 5.71 Å². The van der Waals surface area contributed by atoms with Gasteiger partial charge in [0.2, 0.25) is 0 Å². The highest BCUT2D eigenvalue weighted by molar-refractivity contribution is 5.88. The van der Waals surface area contributed by atoms with Crippen molar-refractivity contribution >= 4 is 11.4 Å². The van der Waals surface area contributed by atoms with Crippen LogP contribution in [0.25, 0.3) is 0 Å². The number of nitrogens with zero attached hydrogens (tertiary/aromatic N) is 1. The molecule has 0 aliphatic heterocycles. The first kappa shape index (κ1) is 10.6. The predicted molar refractivity (Wildman–Crippen MR) is 59.2 cm³/mol. The zero-order chi connectivity index (χ0) is 10.6. The quantitative estimate of drug-likeness (QED) is 0.439. The lowest BCUT2D eigenvalue weighted by molar-refractivity contribution is 0.317. The number of aryl methyl sites for hydroxylation is 1. The van der Waals surface area contributed by atoms with Gasteiger partial charge in [-0.25, -0.2) is 0 Å². The van der Waals surface area contributed by atoms with E-state index in [1.807, 2.05) is 38.1 Å². The normalized spacial score (nSPS) is 13.8. The summed E-state index contributed by atoms with van der Waals surface area (Å²) in [5.74, 6) is 0. The predicted octanol–water partition coefficient (Wildman–Crippen LogP) is 2.65. The molecule has 0 spiro atoms. The van der Waals surface area contributed by atoms with Crippen molar-refractivity contribution in [2.24, 2.45) is 5.16 Å². The summed E-state index contributed by atoms with van der Waals surface area (Å²) in [5, 5.41) is 15.0. The van der Waals surface area contributed by atoms with Crippen molar-refractivity contribution < 1.29 is 5.21 Å². The molecule has 2 N–H and O–H groups in total. The van der Waals surface area contributed by atoms with Gasteiger partial charge in [-0.2, -0.15) is 0 Å². The van der Waals surface area contributed by atoms with Crippen molar-refractivity contribution in [2.45, 2.75) is 26.8 Å². The van der Waals surface area contributed by atoms with E-state index in [2.05, 4.69) is 10.5 Å². The lowest BCUT2D eigenvalue weighted by Crippen LogP contribution is -2.24. The molecule has 1 aromatic carbocycles. The van der Waals surface area contributed by atoms with Crippen LogP contribution in [-0.4, -0.2) is 17.0 Å². The molecule has 14 heavy (non-hydrogen) atoms. The summed E-state index contributed by atoms with van der Waals surface area (Å²) in [5.41, 5.74) is 2.93. The molecule has 0 aliphatic rings. The fourth-order valence-corrected chi connectivity index (χ4v) is 1.16. The molecular weight excluding hydrogens is 176 g/mol. The van der Waals surface area contributed by atoms with E-state index in [-0.39, 0.29) is 6.04 Å². The topological polar surface area (TPSA) is 44.6 Å². The molecular formula is C11H16N2O. The van der Waals surface area contributed by atoms with E-state index in [0.717, 1.165) is 5.69 Å². The lowest BCUT2D eigenvalue weighted by Gasteiger charge is -2.15. The molecule has 0 saturated heterocycles. The van der Waals surface area contributed by atoms with E-state index in [1.54, 1.807) is 6.92 Å². The zero-order valence-corrected chi connectivity index (χ0v) is 8.78. The lowest BCUT2D eigenvalue weighted by atomic mass is 10.1. The highest BCUT2D eigenvalue weighted by Gasteiger charge is 2.06. The van der Waals surface area contributed by atoms with Crippen molar-refractivity contribution in [1.82, 2.24) is 0 Å². The van der Waals surface area contributed by atoms with Crippen molar-refractivity contribution in [2.75, 3.05) is 5.32 Å². The molecule has 76 valence electrons. The van der Waals surface area contributed by atoms with Gasteiger partial charge in [-0.05, 0) is 32.4 Å². The van der Waals surface area contributed by atoms with Crippen LogP contribution < -0.4 is 5.32 Å². The monoisotopic (exact) mass is 192 g/mol. The number of oxime groups is 1. The van der Waals surface area contributed by atoms with Crippen molar-refractivity contribution in [3.63, 3.8) is 0 Å². The zero-order valence-electron chi connectivity index (χ0n) is 8.78. The van der Waals surface area contributed by atoms with E-state index >= 15 is 0 Å². The molecule has 0 bridgehead atoms. The first-order valence-electron chi connectivity index (χ1n) is 4.66. The summed E-state index contributed by atoms with van der Waals surface area (Å²) in [6.45, 7) is 5.79. The first-order chi connectivity index (χ1) is 6.65. The minimum absolute atomic E-state index is 0.0427. The second kappa shape index (κ2) is 4.65. The number of anilines is 1. The summed E-state index contributed by atoms with van der Waals surface area (Å²) >= 11 is 0. The Labute approximate surface area is 84.4 Å². The molecule has 0 heterocycles. The van der Waals surface area contributed by atoms with Crippen LogP contribution in [0, 0.1) is 6.92 Å². The van der Waals surface area contributed by atoms with Gasteiger partial charge >= 0.3 is 0 Å². The summed E-state index contributed by atoms with van der Waals surface area (Å²) < 4.78 is 0. The van der Waals surface area contributed by atoms with Gasteiger partial charge in [0, 0.05) is 5.69 Å². The Balaban J connectivity index is 2.74. The third-order valence-corrected chi connectivity index (χ3v) is 2.30. The molecule has 0 aliphatic carbocycles. The average Bonchev–Trinajstić information content (AvgIpc) is 2.20. The maximum atomic E-state index is 8.60. The van der Waals surface area contributed by atoms with Crippen LogP contribution in [0.3, 0.4) is 0 Å². The number of benzene rings is 1. The van der Waals surface area contributed by atoms with Gasteiger partial charge in [-0.15, -0.1) is 0 Å². The Hall–Kier alpha value is -1.51. The van der Waals surface area contributed by atoms with E-state index < -0.39 is 0 Å². The van der Waals surface area contributed by atoms with Crippen LogP contribution in [0.15, 0.2) is 29.4 Å². The average molecular weight is 192 g/mol. The third-order valence-electron chi connectivity index (χ3n) is 2.30. The number of para-hydroxylation sites is 1. The van der Waals surface area contributed by atoms with Crippen molar-refractivity contribution in [3.05, 3.63) is 29.8 Å². The molecule has 1 aromatic rings. The molecule has 1 unspecified atom stereocenters. The molecule has 3 nitrogen and oxygen atoms in total. The maximum Gasteiger partial charge on any atom is 0.0759 e. The SMILES string of the molecule is C/C(=N\O)C(C)Nc1ccccc1C. The van der Waals surface area contributed by atoms with Crippen LogP contribution in [0.5, 0.6) is 0 Å². The van der Waals surface area contributed by atoms with Crippen molar-refractivity contribution in [1.29, 1.82) is 0 Å². The molecule has 0 saturated carbocycles. The fraction of sp³-hybridized carbons (Fsp3) is 0.364. The van der Waals surface area contributed by atoms with Crippen LogP contribution in [0.2, 0.25) is 0 Å². The second-order valence-electron chi connectivity index (χ2n) is 3.42. The Morgan fingerprint density at radius 3 is 2.64 bits per heavy atom. The van der Waals surface area contributed by atoms with E-state index in [4.69, 9.17) is 5.21 Å². The number of hydrogen-bond donors (Lipinski definition) is 2. The molecule has 0 fully saturated rings. The Bertz CT molecular complexity index is 334. The smallest absolute Gasteiger partial charge is 0.0759 e. The van der Waals surface area contributed by atoms with Gasteiger partial charge in [0.1, 0.15) is 0 Å². The van der Waals surface area contributed by atoms with Crippen LogP contribution in [0.1, 0.15) is 19.4 Å². The van der Waals surface area contributed by atoms with Gasteiger partial charge < -0.3 is 10.5 Å². The third kappa shape index (κ3) is 2.49. The van der Waals surface area contributed by atoms with Crippen LogP contribution in [-0.2, 0) is 0 Å². The summed E-state index contributed by atoms with van der Waals surface area (Å²) in [7, 11) is 0. The van der Waals surface area contributed by atoms with Gasteiger partial charge in [0.05, 0.1) is 11.8 Å². The summed E-state index contributed by atoms with van der Waals surface area (Å²) in [4.78, 5) is 0. The summed E-state index contributed by atoms with van der Waals surface area (Å²) in [6.07, 6.45) is 0. The Morgan fingerprint density at radius 2 is 2.07 bits per heavy atom. The highest BCUT2D eigenvalue weighted by atomic mass is 16.4. The second-order valence-corrected chi connectivity index (χ2v) is 3.42. The van der Waals surface area contributed by atoms with Crippen LogP contribution in [0.4, 0.5) is 5.69 Å². The molecule has 1 rings (SSSR count). The van der Waals surface area contributed by atoms with Crippen molar-refractivity contribution in [3.8, 4) is 0 Å². The molecule has 3 heteroatoms. The number of nitrogens with one attached hydrogen (secondary N) is 1. The van der Waals surface area contributed by atoms with Gasteiger partial charge in [-0.3, -0.25) is 0 Å². The van der Waals surface area contributed by atoms with Gasteiger partial charge in [0.25, 0.3) is 0 Å². The fourth-order valence-electron chi connectivity index (χ4n) is 1.16. The standard InChI is InChI=1S/C11H16N2O/c1-8-6-4-5-7-11(8)12-9(2)10(3)13-14/h4-7,9,12,14H,1-3H3/b13-10+. The molecule has 0 amide bonds. The Kier molecular flexibility index (Phi) is 3.51. The molecule has 0 aromatic heterocycles. The molecule has 0 radical (unpaired) electrons. The van der Waals surface area contributed by atoms with Gasteiger partial charge in [-0.1, -0.05) is 23.4 Å². The first-order valence-corrected chi connectivity index (χ1v) is 4.66. The van der Waals surface area contributed by atoms with Crippen LogP contribution >= 0.6 is 0 Å². The number of rotatable bonds is 3. The molecule has 1 atom stereocenters. The minimum atomic E-state index is 0.0427. The maximum absolute atomic E-state index is 8.60. The largest absolute Gasteiger partial charge is 0.411 e. The number of hydrogen-bond acceptors (Lipinski definition) is 3. The van der Waals surface area contributed by atoms with E-state index in [1.165, 1.54) is 5.56 Å². The van der Waals surface area contributed by atoms with E-state index in [9.17, 15) is 0 Å². The highest BCUT2D eigenvalue weighted by Crippen LogP contribution is 2.14. The Morgan fingerprint density at radius 1 is 1.43 bits per heavy atom. The summed E-state index contributed by atoms with van der Waals surface area (Å²) in [6, 6.07) is 8.07.